The number of hydrogen-bond acceptors (Lipinski definition) is 2. The molecule has 0 spiro atoms. The minimum Gasteiger partial charge on any atom is -0.481 e. The first kappa shape index (κ1) is 14.7. The van der Waals surface area contributed by atoms with E-state index >= 15 is 0 Å². The van der Waals surface area contributed by atoms with Crippen LogP contribution in [0.3, 0.4) is 0 Å². The lowest BCUT2D eigenvalue weighted by atomic mass is 9.82. The second kappa shape index (κ2) is 6.55. The van der Waals surface area contributed by atoms with Crippen molar-refractivity contribution in [1.82, 2.24) is 5.32 Å². The molecule has 0 aliphatic heterocycles. The van der Waals surface area contributed by atoms with Crippen molar-refractivity contribution in [1.29, 1.82) is 0 Å². The van der Waals surface area contributed by atoms with E-state index < -0.39 is 5.97 Å². The standard InChI is InChI=1S/C15H23NO2/c1-12-7-4-5-8-13(12)15(2,3)11-16-10-6-9-14(17)18/h4-5,7-8,16H,6,9-11H2,1-3H3,(H,17,18). The summed E-state index contributed by atoms with van der Waals surface area (Å²) in [6.07, 6.45) is 0.914. The van der Waals surface area contributed by atoms with Gasteiger partial charge in [-0.25, -0.2) is 0 Å². The highest BCUT2D eigenvalue weighted by Crippen LogP contribution is 2.25. The molecule has 0 saturated carbocycles. The molecule has 0 saturated heterocycles. The molecule has 0 radical (unpaired) electrons. The van der Waals surface area contributed by atoms with Gasteiger partial charge in [0.2, 0.25) is 0 Å². The monoisotopic (exact) mass is 249 g/mol. The van der Waals surface area contributed by atoms with Gasteiger partial charge in [-0.3, -0.25) is 4.79 Å². The Bertz CT molecular complexity index is 399. The topological polar surface area (TPSA) is 49.3 Å². The second-order valence-corrected chi connectivity index (χ2v) is 5.37. The molecule has 2 N–H and O–H groups in total. The molecule has 3 nitrogen and oxygen atoms in total. The van der Waals surface area contributed by atoms with Gasteiger partial charge in [0.05, 0.1) is 0 Å². The Morgan fingerprint density at radius 3 is 2.61 bits per heavy atom. The number of carboxylic acid groups (broad SMARTS) is 1. The van der Waals surface area contributed by atoms with Crippen LogP contribution in [-0.2, 0) is 10.2 Å². The summed E-state index contributed by atoms with van der Waals surface area (Å²) in [5.74, 6) is -0.727. The van der Waals surface area contributed by atoms with Crippen LogP contribution in [0.2, 0.25) is 0 Å². The summed E-state index contributed by atoms with van der Waals surface area (Å²) < 4.78 is 0. The van der Waals surface area contributed by atoms with E-state index in [0.29, 0.717) is 6.42 Å². The van der Waals surface area contributed by atoms with Crippen LogP contribution >= 0.6 is 0 Å². The molecule has 1 aromatic carbocycles. The van der Waals surface area contributed by atoms with Gasteiger partial charge in [0.1, 0.15) is 0 Å². The highest BCUT2D eigenvalue weighted by atomic mass is 16.4. The number of carboxylic acids is 1. The zero-order valence-corrected chi connectivity index (χ0v) is 11.5. The van der Waals surface area contributed by atoms with Gasteiger partial charge in [-0.1, -0.05) is 38.1 Å². The van der Waals surface area contributed by atoms with E-state index in [1.165, 1.54) is 11.1 Å². The van der Waals surface area contributed by atoms with E-state index in [2.05, 4.69) is 50.4 Å². The van der Waals surface area contributed by atoms with Crippen LogP contribution in [0.5, 0.6) is 0 Å². The van der Waals surface area contributed by atoms with Crippen LogP contribution in [-0.4, -0.2) is 24.2 Å². The lowest BCUT2D eigenvalue weighted by Crippen LogP contribution is -2.34. The number of rotatable bonds is 7. The minimum atomic E-state index is -0.727. The Kier molecular flexibility index (Phi) is 5.35. The van der Waals surface area contributed by atoms with Crippen molar-refractivity contribution in [3.8, 4) is 0 Å². The number of aryl methyl sites for hydroxylation is 1. The fourth-order valence-corrected chi connectivity index (χ4v) is 2.19. The van der Waals surface area contributed by atoms with E-state index in [9.17, 15) is 4.79 Å². The Morgan fingerprint density at radius 1 is 1.33 bits per heavy atom. The molecule has 0 aliphatic rings. The van der Waals surface area contributed by atoms with Crippen molar-refractivity contribution < 1.29 is 9.90 Å². The molecule has 1 aromatic rings. The summed E-state index contributed by atoms with van der Waals surface area (Å²) in [6, 6.07) is 8.40. The second-order valence-electron chi connectivity index (χ2n) is 5.37. The molecule has 0 aromatic heterocycles. The molecular formula is C15H23NO2. The highest BCUT2D eigenvalue weighted by Gasteiger charge is 2.21. The summed E-state index contributed by atoms with van der Waals surface area (Å²) in [5.41, 5.74) is 2.71. The minimum absolute atomic E-state index is 0.0641. The summed E-state index contributed by atoms with van der Waals surface area (Å²) in [6.45, 7) is 8.15. The van der Waals surface area contributed by atoms with Crippen LogP contribution in [0.15, 0.2) is 24.3 Å². The molecule has 0 heterocycles. The van der Waals surface area contributed by atoms with Crippen LogP contribution in [0.4, 0.5) is 0 Å². The Morgan fingerprint density at radius 2 is 2.00 bits per heavy atom. The maximum Gasteiger partial charge on any atom is 0.303 e. The first-order valence-corrected chi connectivity index (χ1v) is 6.42. The predicted molar refractivity (Wildman–Crippen MR) is 73.9 cm³/mol. The molecule has 18 heavy (non-hydrogen) atoms. The molecule has 1 rings (SSSR count). The van der Waals surface area contributed by atoms with Gasteiger partial charge in [0.25, 0.3) is 0 Å². The molecule has 3 heteroatoms. The summed E-state index contributed by atoms with van der Waals surface area (Å²) in [7, 11) is 0. The third-order valence-corrected chi connectivity index (χ3v) is 3.19. The van der Waals surface area contributed by atoms with Gasteiger partial charge in [0.15, 0.2) is 0 Å². The van der Waals surface area contributed by atoms with Crippen molar-refractivity contribution >= 4 is 5.97 Å². The SMILES string of the molecule is Cc1ccccc1C(C)(C)CNCCCC(=O)O. The van der Waals surface area contributed by atoms with E-state index in [4.69, 9.17) is 5.11 Å². The number of hydrogen-bond donors (Lipinski definition) is 2. The molecular weight excluding hydrogens is 226 g/mol. The molecule has 0 bridgehead atoms. The number of aliphatic carboxylic acids is 1. The van der Waals surface area contributed by atoms with Gasteiger partial charge in [-0.2, -0.15) is 0 Å². The lowest BCUT2D eigenvalue weighted by molar-refractivity contribution is -0.137. The van der Waals surface area contributed by atoms with Crippen LogP contribution < -0.4 is 5.32 Å². The van der Waals surface area contributed by atoms with E-state index in [-0.39, 0.29) is 11.8 Å². The number of nitrogens with one attached hydrogen (secondary N) is 1. The quantitative estimate of drug-likeness (QED) is 0.730. The average Bonchev–Trinajstić information content (AvgIpc) is 2.28. The smallest absolute Gasteiger partial charge is 0.303 e. The molecule has 0 unspecified atom stereocenters. The van der Waals surface area contributed by atoms with Crippen LogP contribution in [0.1, 0.15) is 37.8 Å². The van der Waals surface area contributed by atoms with Crippen molar-refractivity contribution in [2.75, 3.05) is 13.1 Å². The summed E-state index contributed by atoms with van der Waals surface area (Å²) in [5, 5.41) is 11.9. The van der Waals surface area contributed by atoms with Crippen molar-refractivity contribution in [2.24, 2.45) is 0 Å². The first-order chi connectivity index (χ1) is 8.43. The normalized spacial score (nSPS) is 11.5. The van der Waals surface area contributed by atoms with Crippen molar-refractivity contribution in [3.63, 3.8) is 0 Å². The van der Waals surface area contributed by atoms with Crippen LogP contribution in [0.25, 0.3) is 0 Å². The van der Waals surface area contributed by atoms with Gasteiger partial charge in [-0.05, 0) is 31.0 Å². The Labute approximate surface area is 109 Å². The molecule has 0 aliphatic carbocycles. The number of benzene rings is 1. The molecule has 0 fully saturated rings. The lowest BCUT2D eigenvalue weighted by Gasteiger charge is -2.27. The third-order valence-electron chi connectivity index (χ3n) is 3.19. The summed E-state index contributed by atoms with van der Waals surface area (Å²) >= 11 is 0. The van der Waals surface area contributed by atoms with E-state index in [1.54, 1.807) is 0 Å². The van der Waals surface area contributed by atoms with Gasteiger partial charge >= 0.3 is 5.97 Å². The zero-order valence-electron chi connectivity index (χ0n) is 11.5. The average molecular weight is 249 g/mol. The van der Waals surface area contributed by atoms with E-state index in [1.807, 2.05) is 0 Å². The maximum atomic E-state index is 10.4. The highest BCUT2D eigenvalue weighted by molar-refractivity contribution is 5.66. The predicted octanol–water partition coefficient (Wildman–Crippen LogP) is 2.73. The molecule has 0 atom stereocenters. The van der Waals surface area contributed by atoms with E-state index in [0.717, 1.165) is 13.1 Å². The third kappa shape index (κ3) is 4.49. The number of carbonyl (C=O) groups is 1. The molecule has 100 valence electrons. The Balaban J connectivity index is 2.45. The Hall–Kier alpha value is -1.35. The fraction of sp³-hybridized carbons (Fsp3) is 0.533. The van der Waals surface area contributed by atoms with Gasteiger partial charge < -0.3 is 10.4 Å². The van der Waals surface area contributed by atoms with Crippen molar-refractivity contribution in [2.45, 2.75) is 39.0 Å². The zero-order chi connectivity index (χ0) is 13.6. The summed E-state index contributed by atoms with van der Waals surface area (Å²) in [4.78, 5) is 10.4. The molecule has 0 amide bonds. The van der Waals surface area contributed by atoms with Gasteiger partial charge in [0, 0.05) is 18.4 Å². The van der Waals surface area contributed by atoms with Crippen molar-refractivity contribution in [3.05, 3.63) is 35.4 Å². The fourth-order valence-electron chi connectivity index (χ4n) is 2.19. The van der Waals surface area contributed by atoms with Gasteiger partial charge in [-0.15, -0.1) is 0 Å². The first-order valence-electron chi connectivity index (χ1n) is 6.42. The van der Waals surface area contributed by atoms with Crippen LogP contribution in [0, 0.1) is 6.92 Å². The largest absolute Gasteiger partial charge is 0.481 e. The maximum absolute atomic E-state index is 10.4.